The molecule has 0 bridgehead atoms. The van der Waals surface area contributed by atoms with Crippen LogP contribution in [0.3, 0.4) is 0 Å². The molecule has 0 unspecified atom stereocenters. The number of nitrogens with zero attached hydrogens (tertiary/aromatic N) is 4. The molecule has 0 radical (unpaired) electrons. The summed E-state index contributed by atoms with van der Waals surface area (Å²) >= 11 is 0. The minimum Gasteiger partial charge on any atom is -0.459 e. The first-order chi connectivity index (χ1) is 14.4. The van der Waals surface area contributed by atoms with Gasteiger partial charge in [-0.15, -0.1) is 10.2 Å². The summed E-state index contributed by atoms with van der Waals surface area (Å²) in [4.78, 5) is 14.7. The Kier molecular flexibility index (Phi) is 5.44. The number of benzene rings is 1. The molecule has 4 rings (SSSR count). The van der Waals surface area contributed by atoms with E-state index in [-0.39, 0.29) is 16.7 Å². The normalized spacial score (nSPS) is 15.6. The fourth-order valence-corrected chi connectivity index (χ4v) is 4.29. The quantitative estimate of drug-likeness (QED) is 0.612. The Morgan fingerprint density at radius 2 is 1.80 bits per heavy atom. The SMILES string of the molecule is CN(C)S(=O)(=O)c1ccc(C(=O)N2CCC(c3nnc(-c4ccco4)o3)CC2)cc1. The molecule has 0 saturated carbocycles. The van der Waals surface area contributed by atoms with Crippen LogP contribution in [0.5, 0.6) is 0 Å². The maximum absolute atomic E-state index is 12.8. The molecule has 0 atom stereocenters. The number of hydrogen-bond donors (Lipinski definition) is 0. The Morgan fingerprint density at radius 3 is 2.40 bits per heavy atom. The van der Waals surface area contributed by atoms with E-state index in [9.17, 15) is 13.2 Å². The van der Waals surface area contributed by atoms with Crippen LogP contribution < -0.4 is 0 Å². The van der Waals surface area contributed by atoms with Crippen LogP contribution >= 0.6 is 0 Å². The Morgan fingerprint density at radius 1 is 1.10 bits per heavy atom. The molecule has 3 aromatic rings. The van der Waals surface area contributed by atoms with Gasteiger partial charge in [-0.25, -0.2) is 12.7 Å². The third-order valence-corrected chi connectivity index (χ3v) is 7.01. The van der Waals surface area contributed by atoms with E-state index in [1.54, 1.807) is 35.4 Å². The van der Waals surface area contributed by atoms with Crippen molar-refractivity contribution in [3.05, 3.63) is 54.1 Å². The van der Waals surface area contributed by atoms with Gasteiger partial charge < -0.3 is 13.7 Å². The molecule has 10 heteroatoms. The van der Waals surface area contributed by atoms with Gasteiger partial charge in [-0.3, -0.25) is 4.79 Å². The molecule has 0 spiro atoms. The smallest absolute Gasteiger partial charge is 0.283 e. The number of rotatable bonds is 5. The Labute approximate surface area is 174 Å². The molecular weight excluding hydrogens is 408 g/mol. The van der Waals surface area contributed by atoms with Gasteiger partial charge in [0.15, 0.2) is 5.76 Å². The average molecular weight is 430 g/mol. The molecule has 30 heavy (non-hydrogen) atoms. The van der Waals surface area contributed by atoms with Crippen molar-refractivity contribution >= 4 is 15.9 Å². The van der Waals surface area contributed by atoms with E-state index in [0.717, 1.165) is 4.31 Å². The highest BCUT2D eigenvalue weighted by Gasteiger charge is 2.28. The number of carbonyl (C=O) groups excluding carboxylic acids is 1. The Hall–Kier alpha value is -2.98. The first-order valence-corrected chi connectivity index (χ1v) is 11.0. The number of sulfonamides is 1. The van der Waals surface area contributed by atoms with Crippen molar-refractivity contribution in [2.75, 3.05) is 27.2 Å². The van der Waals surface area contributed by atoms with Crippen LogP contribution in [0.2, 0.25) is 0 Å². The minimum atomic E-state index is -3.52. The van der Waals surface area contributed by atoms with Crippen molar-refractivity contribution in [1.29, 1.82) is 0 Å². The average Bonchev–Trinajstić information content (AvgIpc) is 3.45. The predicted octanol–water partition coefficient (Wildman–Crippen LogP) is 2.60. The zero-order valence-corrected chi connectivity index (χ0v) is 17.5. The first-order valence-electron chi connectivity index (χ1n) is 9.55. The molecule has 1 fully saturated rings. The van der Waals surface area contributed by atoms with E-state index in [1.165, 1.54) is 26.2 Å². The second-order valence-corrected chi connectivity index (χ2v) is 9.45. The van der Waals surface area contributed by atoms with Crippen LogP contribution in [-0.4, -0.2) is 60.9 Å². The summed E-state index contributed by atoms with van der Waals surface area (Å²) in [5, 5.41) is 8.16. The topological polar surface area (TPSA) is 110 Å². The fraction of sp³-hybridized carbons (Fsp3) is 0.350. The maximum atomic E-state index is 12.8. The molecule has 0 aliphatic carbocycles. The van der Waals surface area contributed by atoms with Crippen LogP contribution in [0, 0.1) is 0 Å². The number of furan rings is 1. The van der Waals surface area contributed by atoms with Gasteiger partial charge in [0.1, 0.15) is 0 Å². The summed E-state index contributed by atoms with van der Waals surface area (Å²) in [7, 11) is -0.575. The summed E-state index contributed by atoms with van der Waals surface area (Å²) in [6.45, 7) is 1.11. The van der Waals surface area contributed by atoms with E-state index >= 15 is 0 Å². The Balaban J connectivity index is 1.39. The standard InChI is InChI=1S/C20H22N4O5S/c1-23(2)30(26,27)16-7-5-15(6-8-16)20(25)24-11-9-14(10-12-24)18-21-22-19(29-18)17-4-3-13-28-17/h3-8,13-14H,9-12H2,1-2H3. The molecule has 1 aromatic carbocycles. The highest BCUT2D eigenvalue weighted by molar-refractivity contribution is 7.89. The molecule has 1 amide bonds. The van der Waals surface area contributed by atoms with Crippen molar-refractivity contribution in [2.45, 2.75) is 23.7 Å². The zero-order chi connectivity index (χ0) is 21.3. The summed E-state index contributed by atoms with van der Waals surface area (Å²) in [6.07, 6.45) is 2.96. The molecule has 9 nitrogen and oxygen atoms in total. The first kappa shape index (κ1) is 20.3. The maximum Gasteiger partial charge on any atom is 0.283 e. The van der Waals surface area contributed by atoms with E-state index < -0.39 is 10.0 Å². The van der Waals surface area contributed by atoms with Crippen LogP contribution in [0.1, 0.15) is 35.0 Å². The highest BCUT2D eigenvalue weighted by atomic mass is 32.2. The molecular formula is C20H22N4O5S. The third-order valence-electron chi connectivity index (χ3n) is 5.18. The van der Waals surface area contributed by atoms with E-state index in [0.29, 0.717) is 49.0 Å². The van der Waals surface area contributed by atoms with Crippen molar-refractivity contribution in [2.24, 2.45) is 0 Å². The van der Waals surface area contributed by atoms with Crippen LogP contribution in [-0.2, 0) is 10.0 Å². The summed E-state index contributed by atoms with van der Waals surface area (Å²) < 4.78 is 36.5. The third kappa shape index (κ3) is 3.88. The van der Waals surface area contributed by atoms with Crippen LogP contribution in [0.4, 0.5) is 0 Å². The van der Waals surface area contributed by atoms with E-state index in [4.69, 9.17) is 8.83 Å². The van der Waals surface area contributed by atoms with Gasteiger partial charge in [0, 0.05) is 38.7 Å². The molecule has 2 aromatic heterocycles. The monoisotopic (exact) mass is 430 g/mol. The number of piperidine rings is 1. The van der Waals surface area contributed by atoms with Crippen molar-refractivity contribution < 1.29 is 22.0 Å². The second-order valence-electron chi connectivity index (χ2n) is 7.30. The number of hydrogen-bond acceptors (Lipinski definition) is 7. The second kappa shape index (κ2) is 8.04. The van der Waals surface area contributed by atoms with E-state index in [1.807, 2.05) is 0 Å². The molecule has 3 heterocycles. The number of carbonyl (C=O) groups is 1. The number of aromatic nitrogens is 2. The number of amides is 1. The molecule has 1 aliphatic rings. The largest absolute Gasteiger partial charge is 0.459 e. The van der Waals surface area contributed by atoms with Gasteiger partial charge in [-0.1, -0.05) is 0 Å². The van der Waals surface area contributed by atoms with E-state index in [2.05, 4.69) is 10.2 Å². The van der Waals surface area contributed by atoms with Gasteiger partial charge >= 0.3 is 0 Å². The van der Waals surface area contributed by atoms with Gasteiger partial charge in [0.25, 0.3) is 11.8 Å². The summed E-state index contributed by atoms with van der Waals surface area (Å²) in [5.41, 5.74) is 0.462. The summed E-state index contributed by atoms with van der Waals surface area (Å²) in [5.74, 6) is 1.39. The number of likely N-dealkylation sites (tertiary alicyclic amines) is 1. The van der Waals surface area contributed by atoms with Crippen LogP contribution in [0.15, 0.2) is 56.4 Å². The highest BCUT2D eigenvalue weighted by Crippen LogP contribution is 2.30. The minimum absolute atomic E-state index is 0.0814. The van der Waals surface area contributed by atoms with Crippen molar-refractivity contribution in [3.8, 4) is 11.7 Å². The van der Waals surface area contributed by atoms with Gasteiger partial charge in [-0.05, 0) is 49.2 Å². The Bertz CT molecular complexity index is 1110. The lowest BCUT2D eigenvalue weighted by Gasteiger charge is -2.30. The fourth-order valence-electron chi connectivity index (χ4n) is 3.39. The lowest BCUT2D eigenvalue weighted by molar-refractivity contribution is 0.0706. The van der Waals surface area contributed by atoms with Gasteiger partial charge in [0.2, 0.25) is 15.9 Å². The zero-order valence-electron chi connectivity index (χ0n) is 16.7. The van der Waals surface area contributed by atoms with Crippen LogP contribution in [0.25, 0.3) is 11.7 Å². The molecule has 1 saturated heterocycles. The lowest BCUT2D eigenvalue weighted by atomic mass is 9.96. The van der Waals surface area contributed by atoms with Crippen molar-refractivity contribution in [1.82, 2.24) is 19.4 Å². The molecule has 158 valence electrons. The molecule has 0 N–H and O–H groups in total. The van der Waals surface area contributed by atoms with Crippen molar-refractivity contribution in [3.63, 3.8) is 0 Å². The summed E-state index contributed by atoms with van der Waals surface area (Å²) in [6, 6.07) is 9.55. The van der Waals surface area contributed by atoms with Gasteiger partial charge in [0.05, 0.1) is 11.2 Å². The van der Waals surface area contributed by atoms with Gasteiger partial charge in [-0.2, -0.15) is 0 Å². The molecule has 1 aliphatic heterocycles. The predicted molar refractivity (Wildman–Crippen MR) is 107 cm³/mol. The lowest BCUT2D eigenvalue weighted by Crippen LogP contribution is -2.38.